The van der Waals surface area contributed by atoms with Crippen LogP contribution in [0.15, 0.2) is 44.6 Å². The van der Waals surface area contributed by atoms with E-state index in [1.165, 1.54) is 0 Å². The van der Waals surface area contributed by atoms with Crippen LogP contribution in [0.5, 0.6) is 5.75 Å². The van der Waals surface area contributed by atoms with E-state index in [1.807, 2.05) is 0 Å². The summed E-state index contributed by atoms with van der Waals surface area (Å²) in [4.78, 5) is -1.66. The summed E-state index contributed by atoms with van der Waals surface area (Å²) in [5.41, 5.74) is -1.47. The van der Waals surface area contributed by atoms with Gasteiger partial charge in [0.1, 0.15) is 16.5 Å². The van der Waals surface area contributed by atoms with Gasteiger partial charge in [0, 0.05) is 10.0 Å². The van der Waals surface area contributed by atoms with Gasteiger partial charge in [0.25, 0.3) is 10.1 Å². The molecule has 0 amide bonds. The van der Waals surface area contributed by atoms with Crippen LogP contribution in [-0.4, -0.2) is 26.5 Å². The van der Waals surface area contributed by atoms with Crippen molar-refractivity contribution in [3.05, 3.63) is 40.6 Å². The van der Waals surface area contributed by atoms with Crippen molar-refractivity contribution in [2.24, 2.45) is 5.14 Å². The van der Waals surface area contributed by atoms with Gasteiger partial charge < -0.3 is 5.11 Å². The molecule has 4 N–H and O–H groups in total. The molecule has 2 aromatic rings. The highest BCUT2D eigenvalue weighted by molar-refractivity contribution is 9.10. The topological polar surface area (TPSA) is 135 Å². The van der Waals surface area contributed by atoms with E-state index in [4.69, 9.17) is 5.14 Å². The second kappa shape index (κ2) is 5.83. The molecular weight excluding hydrogens is 417 g/mol. The molecule has 0 heterocycles. The molecule has 0 saturated heterocycles. The lowest BCUT2D eigenvalue weighted by atomic mass is 10.0. The lowest BCUT2D eigenvalue weighted by Gasteiger charge is -2.14. The first-order valence-corrected chi connectivity index (χ1v) is 9.52. The maximum atomic E-state index is 14.2. The van der Waals surface area contributed by atoms with Crippen LogP contribution in [0.2, 0.25) is 0 Å². The lowest BCUT2D eigenvalue weighted by molar-refractivity contribution is 0.470. The van der Waals surface area contributed by atoms with Crippen LogP contribution in [0.25, 0.3) is 11.1 Å². The van der Waals surface area contributed by atoms with Crippen molar-refractivity contribution in [2.75, 3.05) is 0 Å². The highest BCUT2D eigenvalue weighted by Gasteiger charge is 2.28. The summed E-state index contributed by atoms with van der Waals surface area (Å²) in [7, 11) is -9.39. The summed E-state index contributed by atoms with van der Waals surface area (Å²) in [6, 6.07) is 4.73. The molecule has 0 aromatic heterocycles. The van der Waals surface area contributed by atoms with Crippen molar-refractivity contribution in [2.45, 2.75) is 9.79 Å². The third kappa shape index (κ3) is 3.53. The Labute approximate surface area is 139 Å². The summed E-state index contributed by atoms with van der Waals surface area (Å²) in [6.45, 7) is 0. The molecule has 0 bridgehead atoms. The zero-order chi connectivity index (χ0) is 17.6. The Hall–Kier alpha value is -1.53. The fourth-order valence-electron chi connectivity index (χ4n) is 2.02. The quantitative estimate of drug-likeness (QED) is 0.642. The maximum absolute atomic E-state index is 14.2. The molecule has 0 atom stereocenters. The number of phenolic OH excluding ortho intramolecular Hbond substituents is 1. The molecule has 124 valence electrons. The molecule has 0 aliphatic heterocycles. The molecule has 11 heteroatoms. The first-order chi connectivity index (χ1) is 10.4. The Morgan fingerprint density at radius 2 is 1.61 bits per heavy atom. The Kier molecular flexibility index (Phi) is 4.52. The van der Waals surface area contributed by atoms with Gasteiger partial charge in [0.2, 0.25) is 10.0 Å². The number of sulfonamides is 1. The number of benzene rings is 2. The second-order valence-electron chi connectivity index (χ2n) is 4.43. The van der Waals surface area contributed by atoms with Crippen LogP contribution in [0.1, 0.15) is 0 Å². The molecule has 0 unspecified atom stereocenters. The Morgan fingerprint density at radius 3 is 2.09 bits per heavy atom. The SMILES string of the molecule is NS(=O)(=O)c1cccc(S(=O)(=O)O)c1-c1c(O)cc(Br)cc1F. The number of hydrogen-bond donors (Lipinski definition) is 3. The van der Waals surface area contributed by atoms with Crippen molar-refractivity contribution in [1.29, 1.82) is 0 Å². The standard InChI is InChI=1S/C12H9BrFNO6S2/c13-6-4-7(14)11(8(16)5-6)12-9(22(15,17)18)2-1-3-10(12)23(19,20)21/h1-5,16H,(H2,15,17,18)(H,19,20,21). The highest BCUT2D eigenvalue weighted by Crippen LogP contribution is 2.41. The minimum Gasteiger partial charge on any atom is -0.507 e. The third-order valence-corrected chi connectivity index (χ3v) is 5.16. The predicted molar refractivity (Wildman–Crippen MR) is 82.4 cm³/mol. The van der Waals surface area contributed by atoms with Crippen molar-refractivity contribution < 1.29 is 30.9 Å². The van der Waals surface area contributed by atoms with Gasteiger partial charge in [-0.15, -0.1) is 0 Å². The average molecular weight is 426 g/mol. The summed E-state index contributed by atoms with van der Waals surface area (Å²) >= 11 is 2.93. The van der Waals surface area contributed by atoms with Gasteiger partial charge in [-0.1, -0.05) is 22.0 Å². The van der Waals surface area contributed by atoms with Crippen LogP contribution in [0.4, 0.5) is 4.39 Å². The fourth-order valence-corrected chi connectivity index (χ4v) is 3.98. The van der Waals surface area contributed by atoms with E-state index in [-0.39, 0.29) is 4.47 Å². The number of hydrogen-bond acceptors (Lipinski definition) is 5. The van der Waals surface area contributed by atoms with Gasteiger partial charge in [0.15, 0.2) is 0 Å². The highest BCUT2D eigenvalue weighted by atomic mass is 79.9. The first kappa shape index (κ1) is 17.8. The second-order valence-corrected chi connectivity index (χ2v) is 8.27. The largest absolute Gasteiger partial charge is 0.507 e. The summed E-state index contributed by atoms with van der Waals surface area (Å²) in [5, 5.41) is 14.9. The Balaban J connectivity index is 3.08. The number of phenols is 1. The summed E-state index contributed by atoms with van der Waals surface area (Å²) in [6.07, 6.45) is 0. The molecule has 0 radical (unpaired) electrons. The van der Waals surface area contributed by atoms with Crippen LogP contribution in [0.3, 0.4) is 0 Å². The minimum atomic E-state index is -4.92. The molecule has 2 aromatic carbocycles. The predicted octanol–water partition coefficient (Wildman–Crippen LogP) is 1.85. The van der Waals surface area contributed by atoms with Crippen LogP contribution >= 0.6 is 15.9 Å². The Bertz CT molecular complexity index is 931. The molecule has 7 nitrogen and oxygen atoms in total. The van der Waals surface area contributed by atoms with Gasteiger partial charge in [-0.3, -0.25) is 4.55 Å². The van der Waals surface area contributed by atoms with E-state index in [0.29, 0.717) is 0 Å². The third-order valence-electron chi connectivity index (χ3n) is 2.86. The van der Waals surface area contributed by atoms with Gasteiger partial charge in [-0.05, 0) is 24.3 Å². The molecule has 23 heavy (non-hydrogen) atoms. The van der Waals surface area contributed by atoms with E-state index in [2.05, 4.69) is 15.9 Å². The average Bonchev–Trinajstić information content (AvgIpc) is 2.35. The minimum absolute atomic E-state index is 0.137. The molecule has 0 fully saturated rings. The van der Waals surface area contributed by atoms with Crippen molar-refractivity contribution in [1.82, 2.24) is 0 Å². The zero-order valence-electron chi connectivity index (χ0n) is 11.1. The smallest absolute Gasteiger partial charge is 0.295 e. The van der Waals surface area contributed by atoms with Gasteiger partial charge >= 0.3 is 0 Å². The fraction of sp³-hybridized carbons (Fsp3) is 0. The lowest BCUT2D eigenvalue weighted by Crippen LogP contribution is -2.15. The number of aromatic hydroxyl groups is 1. The van der Waals surface area contributed by atoms with Crippen LogP contribution in [0, 0.1) is 5.82 Å². The van der Waals surface area contributed by atoms with Crippen LogP contribution < -0.4 is 5.14 Å². The molecule has 0 aliphatic carbocycles. The van der Waals surface area contributed by atoms with E-state index >= 15 is 0 Å². The molecule has 2 rings (SSSR count). The monoisotopic (exact) mass is 425 g/mol. The first-order valence-electron chi connectivity index (χ1n) is 5.74. The number of halogens is 2. The summed E-state index contributed by atoms with van der Waals surface area (Å²) in [5.74, 6) is -1.85. The number of rotatable bonds is 3. The normalized spacial score (nSPS) is 12.3. The number of primary sulfonamides is 1. The molecular formula is C12H9BrFNO6S2. The molecule has 0 saturated carbocycles. The van der Waals surface area contributed by atoms with Gasteiger partial charge in [-0.25, -0.2) is 17.9 Å². The zero-order valence-corrected chi connectivity index (χ0v) is 14.3. The van der Waals surface area contributed by atoms with Crippen molar-refractivity contribution >= 4 is 36.1 Å². The summed E-state index contributed by atoms with van der Waals surface area (Å²) < 4.78 is 70.0. The van der Waals surface area contributed by atoms with E-state index < -0.39 is 52.6 Å². The number of nitrogens with two attached hydrogens (primary N) is 1. The van der Waals surface area contributed by atoms with Crippen molar-refractivity contribution in [3.8, 4) is 16.9 Å². The van der Waals surface area contributed by atoms with E-state index in [1.54, 1.807) is 0 Å². The van der Waals surface area contributed by atoms with Gasteiger partial charge in [0.05, 0.1) is 10.5 Å². The Morgan fingerprint density at radius 1 is 1.04 bits per heavy atom. The van der Waals surface area contributed by atoms with Crippen molar-refractivity contribution in [3.63, 3.8) is 0 Å². The van der Waals surface area contributed by atoms with E-state index in [9.17, 15) is 30.9 Å². The maximum Gasteiger partial charge on any atom is 0.295 e. The van der Waals surface area contributed by atoms with Crippen LogP contribution in [-0.2, 0) is 20.1 Å². The molecule has 0 aliphatic rings. The van der Waals surface area contributed by atoms with Gasteiger partial charge in [-0.2, -0.15) is 8.42 Å². The van der Waals surface area contributed by atoms with E-state index in [0.717, 1.165) is 30.3 Å². The molecule has 0 spiro atoms.